The Morgan fingerprint density at radius 1 is 1.08 bits per heavy atom. The van der Waals surface area contributed by atoms with Gasteiger partial charge in [0.05, 0.1) is 0 Å². The molecule has 2 N–H and O–H groups in total. The molecule has 0 aromatic carbocycles. The standard InChI is InChI=1S/C7H13F4N/c1-2-6(8,5-12)3-4-7(9,10)11/h2-5,12H2,1H3. The molecule has 0 saturated heterocycles. The summed E-state index contributed by atoms with van der Waals surface area (Å²) in [5, 5.41) is 0. The van der Waals surface area contributed by atoms with Crippen LogP contribution in [0.2, 0.25) is 0 Å². The van der Waals surface area contributed by atoms with Crippen molar-refractivity contribution in [2.24, 2.45) is 5.73 Å². The predicted molar refractivity (Wildman–Crippen MR) is 38.5 cm³/mol. The van der Waals surface area contributed by atoms with Crippen molar-refractivity contribution < 1.29 is 17.6 Å². The highest BCUT2D eigenvalue weighted by Gasteiger charge is 2.34. The SMILES string of the molecule is CCC(F)(CN)CCC(F)(F)F. The minimum atomic E-state index is -4.29. The predicted octanol–water partition coefficient (Wildman–Crippen LogP) is 2.41. The third-order valence-corrected chi connectivity index (χ3v) is 1.86. The van der Waals surface area contributed by atoms with Crippen LogP contribution in [0.25, 0.3) is 0 Å². The highest BCUT2D eigenvalue weighted by molar-refractivity contribution is 4.79. The lowest BCUT2D eigenvalue weighted by Gasteiger charge is -2.22. The normalized spacial score (nSPS) is 17.5. The summed E-state index contributed by atoms with van der Waals surface area (Å²) in [5.41, 5.74) is 3.15. The lowest BCUT2D eigenvalue weighted by molar-refractivity contribution is -0.141. The van der Waals surface area contributed by atoms with E-state index in [4.69, 9.17) is 5.73 Å². The summed E-state index contributed by atoms with van der Waals surface area (Å²) in [5.74, 6) is 0. The molecule has 0 aliphatic rings. The van der Waals surface area contributed by atoms with Crippen LogP contribution in [-0.2, 0) is 0 Å². The Hall–Kier alpha value is -0.320. The van der Waals surface area contributed by atoms with Crippen molar-refractivity contribution in [3.8, 4) is 0 Å². The maximum Gasteiger partial charge on any atom is 0.389 e. The Bertz CT molecular complexity index is 128. The van der Waals surface area contributed by atoms with Crippen molar-refractivity contribution in [1.29, 1.82) is 0 Å². The van der Waals surface area contributed by atoms with Crippen molar-refractivity contribution in [2.75, 3.05) is 6.54 Å². The van der Waals surface area contributed by atoms with Crippen molar-refractivity contribution in [3.05, 3.63) is 0 Å². The number of hydrogen-bond acceptors (Lipinski definition) is 1. The van der Waals surface area contributed by atoms with Gasteiger partial charge in [0.25, 0.3) is 0 Å². The van der Waals surface area contributed by atoms with Gasteiger partial charge in [-0.1, -0.05) is 6.92 Å². The smallest absolute Gasteiger partial charge is 0.328 e. The summed E-state index contributed by atoms with van der Waals surface area (Å²) in [7, 11) is 0. The molecule has 0 radical (unpaired) electrons. The first-order valence-corrected chi connectivity index (χ1v) is 3.79. The molecule has 0 aliphatic carbocycles. The van der Waals surface area contributed by atoms with Crippen molar-refractivity contribution >= 4 is 0 Å². The van der Waals surface area contributed by atoms with Gasteiger partial charge < -0.3 is 5.73 Å². The van der Waals surface area contributed by atoms with Crippen LogP contribution in [0.4, 0.5) is 17.6 Å². The summed E-state index contributed by atoms with van der Waals surface area (Å²) in [6, 6.07) is 0. The van der Waals surface area contributed by atoms with Gasteiger partial charge in [-0.15, -0.1) is 0 Å². The van der Waals surface area contributed by atoms with Crippen LogP contribution in [0.1, 0.15) is 26.2 Å². The van der Waals surface area contributed by atoms with E-state index in [0.717, 1.165) is 0 Å². The quantitative estimate of drug-likeness (QED) is 0.672. The molecule has 74 valence electrons. The Morgan fingerprint density at radius 3 is 1.83 bits per heavy atom. The molecule has 0 rings (SSSR count). The Kier molecular flexibility index (Phi) is 3.96. The van der Waals surface area contributed by atoms with Gasteiger partial charge in [0, 0.05) is 13.0 Å². The highest BCUT2D eigenvalue weighted by atomic mass is 19.4. The number of nitrogens with two attached hydrogens (primary N) is 1. The van der Waals surface area contributed by atoms with E-state index in [1.54, 1.807) is 0 Å². The summed E-state index contributed by atoms with van der Waals surface area (Å²) in [6.45, 7) is 1.14. The maximum atomic E-state index is 13.2. The second kappa shape index (κ2) is 4.07. The number of rotatable bonds is 4. The molecule has 5 heteroatoms. The minimum absolute atomic E-state index is 0.0274. The van der Waals surface area contributed by atoms with E-state index in [2.05, 4.69) is 0 Å². The second-order valence-electron chi connectivity index (χ2n) is 2.82. The van der Waals surface area contributed by atoms with Gasteiger partial charge in [-0.05, 0) is 12.8 Å². The average Bonchev–Trinajstić information content (AvgIpc) is 1.99. The lowest BCUT2D eigenvalue weighted by atomic mass is 9.97. The van der Waals surface area contributed by atoms with Crippen LogP contribution in [-0.4, -0.2) is 18.4 Å². The fourth-order valence-electron chi connectivity index (χ4n) is 0.789. The molecule has 0 aromatic rings. The largest absolute Gasteiger partial charge is 0.389 e. The highest BCUT2D eigenvalue weighted by Crippen LogP contribution is 2.29. The monoisotopic (exact) mass is 187 g/mol. The van der Waals surface area contributed by atoms with Crippen molar-refractivity contribution in [1.82, 2.24) is 0 Å². The third-order valence-electron chi connectivity index (χ3n) is 1.86. The van der Waals surface area contributed by atoms with E-state index in [1.165, 1.54) is 6.92 Å². The van der Waals surface area contributed by atoms with Crippen LogP contribution < -0.4 is 5.73 Å². The van der Waals surface area contributed by atoms with Crippen LogP contribution >= 0.6 is 0 Å². The summed E-state index contributed by atoms with van der Waals surface area (Å²) < 4.78 is 48.1. The van der Waals surface area contributed by atoms with Crippen LogP contribution in [0.3, 0.4) is 0 Å². The van der Waals surface area contributed by atoms with Gasteiger partial charge >= 0.3 is 6.18 Å². The first-order chi connectivity index (χ1) is 5.33. The summed E-state index contributed by atoms with van der Waals surface area (Å²) >= 11 is 0. The molecule has 0 saturated carbocycles. The molecule has 0 aliphatic heterocycles. The van der Waals surface area contributed by atoms with Gasteiger partial charge in [0.15, 0.2) is 0 Å². The number of hydrogen-bond donors (Lipinski definition) is 1. The van der Waals surface area contributed by atoms with E-state index in [0.29, 0.717) is 0 Å². The zero-order chi connectivity index (χ0) is 9.83. The summed E-state index contributed by atoms with van der Waals surface area (Å²) in [4.78, 5) is 0. The zero-order valence-electron chi connectivity index (χ0n) is 6.92. The maximum absolute atomic E-state index is 13.2. The zero-order valence-corrected chi connectivity index (χ0v) is 6.92. The first kappa shape index (κ1) is 11.7. The van der Waals surface area contributed by atoms with Gasteiger partial charge in [-0.25, -0.2) is 4.39 Å². The molecule has 12 heavy (non-hydrogen) atoms. The van der Waals surface area contributed by atoms with Crippen molar-refractivity contribution in [2.45, 2.75) is 38.0 Å². The van der Waals surface area contributed by atoms with Gasteiger partial charge in [-0.3, -0.25) is 0 Å². The average molecular weight is 187 g/mol. The van der Waals surface area contributed by atoms with Crippen LogP contribution in [0.5, 0.6) is 0 Å². The fraction of sp³-hybridized carbons (Fsp3) is 1.00. The summed E-state index contributed by atoms with van der Waals surface area (Å²) in [6.07, 6.45) is -5.90. The van der Waals surface area contributed by atoms with Crippen LogP contribution in [0.15, 0.2) is 0 Å². The van der Waals surface area contributed by atoms with E-state index in [9.17, 15) is 17.6 Å². The Balaban J connectivity index is 3.89. The van der Waals surface area contributed by atoms with E-state index < -0.39 is 24.7 Å². The van der Waals surface area contributed by atoms with Gasteiger partial charge in [-0.2, -0.15) is 13.2 Å². The Labute approximate surface area is 68.9 Å². The molecule has 0 spiro atoms. The van der Waals surface area contributed by atoms with Crippen LogP contribution in [0, 0.1) is 0 Å². The van der Waals surface area contributed by atoms with E-state index in [-0.39, 0.29) is 13.0 Å². The number of alkyl halides is 4. The van der Waals surface area contributed by atoms with Crippen molar-refractivity contribution in [3.63, 3.8) is 0 Å². The molecule has 0 amide bonds. The van der Waals surface area contributed by atoms with Gasteiger partial charge in [0.1, 0.15) is 5.67 Å². The minimum Gasteiger partial charge on any atom is -0.328 e. The number of halogens is 4. The fourth-order valence-corrected chi connectivity index (χ4v) is 0.789. The molecule has 1 unspecified atom stereocenters. The van der Waals surface area contributed by atoms with E-state index in [1.807, 2.05) is 0 Å². The Morgan fingerprint density at radius 2 is 1.58 bits per heavy atom. The van der Waals surface area contributed by atoms with E-state index >= 15 is 0 Å². The molecule has 1 nitrogen and oxygen atoms in total. The lowest BCUT2D eigenvalue weighted by Crippen LogP contribution is -2.33. The first-order valence-electron chi connectivity index (χ1n) is 3.79. The molecular weight excluding hydrogens is 174 g/mol. The third kappa shape index (κ3) is 4.54. The van der Waals surface area contributed by atoms with Gasteiger partial charge in [0.2, 0.25) is 0 Å². The molecule has 0 heterocycles. The second-order valence-corrected chi connectivity index (χ2v) is 2.82. The molecule has 0 bridgehead atoms. The molecule has 0 fully saturated rings. The molecule has 1 atom stereocenters. The molecule has 0 aromatic heterocycles. The topological polar surface area (TPSA) is 26.0 Å². The molecular formula is C7H13F4N.